The first kappa shape index (κ1) is 12.9. The number of hydrogen-bond donors (Lipinski definition) is 2. The van der Waals surface area contributed by atoms with Gasteiger partial charge in [0.05, 0.1) is 13.0 Å². The molecule has 6 nitrogen and oxygen atoms in total. The van der Waals surface area contributed by atoms with Crippen LogP contribution in [0.4, 0.5) is 0 Å². The summed E-state index contributed by atoms with van der Waals surface area (Å²) < 4.78 is 5.29. The highest BCUT2D eigenvalue weighted by Gasteiger charge is 2.42. The molecule has 92 valence electrons. The van der Waals surface area contributed by atoms with E-state index in [2.05, 4.69) is 0 Å². The Bertz CT molecular complexity index is 289. The number of rotatable bonds is 5. The number of aliphatic hydroxyl groups excluding tert-OH is 1. The molecule has 0 bridgehead atoms. The van der Waals surface area contributed by atoms with Gasteiger partial charge in [0, 0.05) is 12.0 Å². The molecular formula is C10H17NO5. The summed E-state index contributed by atoms with van der Waals surface area (Å²) in [6.07, 6.45) is -0.784. The first-order valence-corrected chi connectivity index (χ1v) is 5.11. The van der Waals surface area contributed by atoms with Crippen LogP contribution in [0.1, 0.15) is 20.3 Å². The van der Waals surface area contributed by atoms with Crippen LogP contribution in [0.25, 0.3) is 0 Å². The van der Waals surface area contributed by atoms with Crippen LogP contribution in [0.2, 0.25) is 0 Å². The van der Waals surface area contributed by atoms with Crippen LogP contribution in [-0.2, 0) is 14.3 Å². The molecule has 0 aromatic heterocycles. The predicted molar refractivity (Wildman–Crippen MR) is 54.6 cm³/mol. The molecule has 0 aliphatic carbocycles. The van der Waals surface area contributed by atoms with E-state index in [0.29, 0.717) is 0 Å². The van der Waals surface area contributed by atoms with Crippen molar-refractivity contribution in [3.8, 4) is 0 Å². The van der Waals surface area contributed by atoms with Crippen molar-refractivity contribution in [1.82, 2.24) is 4.90 Å². The van der Waals surface area contributed by atoms with Crippen molar-refractivity contribution in [2.24, 2.45) is 5.41 Å². The van der Waals surface area contributed by atoms with Gasteiger partial charge in [-0.2, -0.15) is 0 Å². The third-order valence-electron chi connectivity index (χ3n) is 2.65. The first-order chi connectivity index (χ1) is 7.38. The lowest BCUT2D eigenvalue weighted by Crippen LogP contribution is -2.41. The van der Waals surface area contributed by atoms with Crippen molar-refractivity contribution in [2.45, 2.75) is 26.4 Å². The van der Waals surface area contributed by atoms with E-state index in [9.17, 15) is 9.59 Å². The van der Waals surface area contributed by atoms with Gasteiger partial charge >= 0.3 is 5.97 Å². The Morgan fingerprint density at radius 1 is 1.62 bits per heavy atom. The molecule has 1 aliphatic heterocycles. The number of nitrogens with zero attached hydrogens (tertiary/aromatic N) is 1. The van der Waals surface area contributed by atoms with E-state index in [1.165, 1.54) is 4.90 Å². The molecule has 1 unspecified atom stereocenters. The Kier molecular flexibility index (Phi) is 3.88. The summed E-state index contributed by atoms with van der Waals surface area (Å²) in [7, 11) is 0. The molecule has 2 N–H and O–H groups in total. The molecule has 0 aromatic carbocycles. The quantitative estimate of drug-likeness (QED) is 0.676. The minimum absolute atomic E-state index is 0.0959. The molecule has 1 rings (SSSR count). The number of aliphatic hydroxyl groups is 1. The summed E-state index contributed by atoms with van der Waals surface area (Å²) in [4.78, 5) is 23.6. The molecule has 0 aromatic rings. The zero-order valence-electron chi connectivity index (χ0n) is 9.47. The van der Waals surface area contributed by atoms with Gasteiger partial charge in [0.15, 0.2) is 0 Å². The minimum atomic E-state index is -0.947. The number of carbonyl (C=O) groups excluding carboxylic acids is 1. The third kappa shape index (κ3) is 2.70. The van der Waals surface area contributed by atoms with Crippen LogP contribution in [0.15, 0.2) is 0 Å². The van der Waals surface area contributed by atoms with E-state index in [-0.39, 0.29) is 32.2 Å². The maximum Gasteiger partial charge on any atom is 0.305 e. The highest BCUT2D eigenvalue weighted by Crippen LogP contribution is 2.28. The molecule has 1 atom stereocenters. The Balaban J connectivity index is 2.57. The maximum absolute atomic E-state index is 11.8. The number of amides is 1. The van der Waals surface area contributed by atoms with E-state index in [1.807, 2.05) is 0 Å². The topological polar surface area (TPSA) is 87.1 Å². The fourth-order valence-corrected chi connectivity index (χ4v) is 1.51. The monoisotopic (exact) mass is 231 g/mol. The number of carboxylic acid groups (broad SMARTS) is 1. The van der Waals surface area contributed by atoms with Gasteiger partial charge in [0.25, 0.3) is 5.91 Å². The Morgan fingerprint density at radius 3 is 2.75 bits per heavy atom. The summed E-state index contributed by atoms with van der Waals surface area (Å²) in [5.74, 6) is -1.20. The van der Waals surface area contributed by atoms with E-state index >= 15 is 0 Å². The Hall–Kier alpha value is -1.14. The molecule has 0 spiro atoms. The fraction of sp³-hybridized carbons (Fsp3) is 0.800. The Labute approximate surface area is 93.8 Å². The third-order valence-corrected chi connectivity index (χ3v) is 2.65. The average Bonchev–Trinajstić information content (AvgIpc) is 2.57. The highest BCUT2D eigenvalue weighted by molar-refractivity contribution is 5.83. The second kappa shape index (κ2) is 4.80. The van der Waals surface area contributed by atoms with Gasteiger partial charge in [0.1, 0.15) is 12.8 Å². The van der Waals surface area contributed by atoms with Gasteiger partial charge in [-0.25, -0.2) is 0 Å². The molecule has 6 heteroatoms. The highest BCUT2D eigenvalue weighted by atomic mass is 16.5. The van der Waals surface area contributed by atoms with Crippen molar-refractivity contribution in [3.63, 3.8) is 0 Å². The lowest BCUT2D eigenvalue weighted by molar-refractivity contribution is -0.138. The van der Waals surface area contributed by atoms with Crippen LogP contribution in [0.3, 0.4) is 0 Å². The first-order valence-electron chi connectivity index (χ1n) is 5.11. The van der Waals surface area contributed by atoms with Gasteiger partial charge in [-0.15, -0.1) is 0 Å². The molecule has 1 amide bonds. The van der Waals surface area contributed by atoms with Crippen molar-refractivity contribution < 1.29 is 24.5 Å². The number of carbonyl (C=O) groups is 2. The predicted octanol–water partition coefficient (Wildman–Crippen LogP) is -0.336. The summed E-state index contributed by atoms with van der Waals surface area (Å²) in [5, 5.41) is 17.6. The second-order valence-electron chi connectivity index (χ2n) is 4.57. The molecule has 1 aliphatic rings. The SMILES string of the molecule is CC(C)(CO)C1OCN(CCC(=O)O)C1=O. The van der Waals surface area contributed by atoms with Crippen molar-refractivity contribution in [3.05, 3.63) is 0 Å². The van der Waals surface area contributed by atoms with Gasteiger partial charge in [-0.05, 0) is 0 Å². The lowest BCUT2D eigenvalue weighted by Gasteiger charge is -2.26. The minimum Gasteiger partial charge on any atom is -0.481 e. The van der Waals surface area contributed by atoms with Gasteiger partial charge in [-0.1, -0.05) is 13.8 Å². The zero-order chi connectivity index (χ0) is 12.3. The van der Waals surface area contributed by atoms with Gasteiger partial charge in [-0.3, -0.25) is 9.59 Å². The summed E-state index contributed by atoms with van der Waals surface area (Å²) >= 11 is 0. The van der Waals surface area contributed by atoms with Crippen LogP contribution < -0.4 is 0 Å². The molecule has 0 saturated carbocycles. The number of carboxylic acids is 1. The lowest BCUT2D eigenvalue weighted by atomic mass is 9.87. The van der Waals surface area contributed by atoms with Crippen LogP contribution in [0.5, 0.6) is 0 Å². The van der Waals surface area contributed by atoms with E-state index in [0.717, 1.165) is 0 Å². The zero-order valence-corrected chi connectivity index (χ0v) is 9.47. The molecule has 16 heavy (non-hydrogen) atoms. The molecular weight excluding hydrogens is 214 g/mol. The molecule has 0 radical (unpaired) electrons. The van der Waals surface area contributed by atoms with Crippen LogP contribution in [0, 0.1) is 5.41 Å². The molecule has 1 saturated heterocycles. The second-order valence-corrected chi connectivity index (χ2v) is 4.57. The fourth-order valence-electron chi connectivity index (χ4n) is 1.51. The van der Waals surface area contributed by atoms with Crippen molar-refractivity contribution in [2.75, 3.05) is 19.9 Å². The molecule has 1 heterocycles. The maximum atomic E-state index is 11.8. The number of aliphatic carboxylic acids is 1. The van der Waals surface area contributed by atoms with E-state index in [4.69, 9.17) is 14.9 Å². The van der Waals surface area contributed by atoms with E-state index < -0.39 is 17.5 Å². The van der Waals surface area contributed by atoms with Crippen molar-refractivity contribution >= 4 is 11.9 Å². The van der Waals surface area contributed by atoms with E-state index in [1.54, 1.807) is 13.8 Å². The Morgan fingerprint density at radius 2 is 2.25 bits per heavy atom. The summed E-state index contributed by atoms with van der Waals surface area (Å²) in [6.45, 7) is 3.55. The standard InChI is InChI=1S/C10H17NO5/c1-10(2,5-12)8-9(15)11(6-16-8)4-3-7(13)14/h8,12H,3-6H2,1-2H3,(H,13,14). The largest absolute Gasteiger partial charge is 0.481 e. The summed E-state index contributed by atoms with van der Waals surface area (Å²) in [5.41, 5.74) is -0.644. The smallest absolute Gasteiger partial charge is 0.305 e. The average molecular weight is 231 g/mol. The summed E-state index contributed by atoms with van der Waals surface area (Å²) in [6, 6.07) is 0. The normalized spacial score (nSPS) is 21.6. The molecule has 1 fully saturated rings. The van der Waals surface area contributed by atoms with Crippen LogP contribution >= 0.6 is 0 Å². The number of ether oxygens (including phenoxy) is 1. The van der Waals surface area contributed by atoms with Crippen LogP contribution in [-0.4, -0.2) is 53.0 Å². The van der Waals surface area contributed by atoms with Gasteiger partial charge in [0.2, 0.25) is 0 Å². The number of hydrogen-bond acceptors (Lipinski definition) is 4. The van der Waals surface area contributed by atoms with Crippen molar-refractivity contribution in [1.29, 1.82) is 0 Å². The van der Waals surface area contributed by atoms with Gasteiger partial charge < -0.3 is 19.8 Å².